The molecule has 0 aliphatic rings. The van der Waals surface area contributed by atoms with Crippen molar-refractivity contribution in [1.82, 2.24) is 0 Å². The molecule has 116 valence electrons. The maximum Gasteiger partial charge on any atom is 0.307 e. The number of phenolic OH excluding ortho intramolecular Hbond substituents is 2. The minimum atomic E-state index is -0.938. The second-order valence-corrected chi connectivity index (χ2v) is 4.40. The van der Waals surface area contributed by atoms with Crippen molar-refractivity contribution >= 4 is 11.9 Å². The van der Waals surface area contributed by atoms with E-state index in [2.05, 4.69) is 0 Å². The minimum Gasteiger partial charge on any atom is -0.508 e. The highest BCUT2D eigenvalue weighted by atomic mass is 16.4. The Balaban J connectivity index is 0.000000220. The lowest BCUT2D eigenvalue weighted by molar-refractivity contribution is -0.137. The first-order valence-electron chi connectivity index (χ1n) is 6.37. The van der Waals surface area contributed by atoms with Crippen LogP contribution >= 0.6 is 0 Å². The van der Waals surface area contributed by atoms with E-state index in [4.69, 9.17) is 20.4 Å². The molecule has 0 atom stereocenters. The Morgan fingerprint density at radius 2 is 1.00 bits per heavy atom. The normalized spacial score (nSPS) is 9.45. The first kappa shape index (κ1) is 17.0. The molecule has 0 aliphatic carbocycles. The monoisotopic (exact) mass is 304 g/mol. The quantitative estimate of drug-likeness (QED) is 0.687. The molecule has 2 rings (SSSR count). The first-order chi connectivity index (χ1) is 10.4. The van der Waals surface area contributed by atoms with Crippen LogP contribution in [0.3, 0.4) is 0 Å². The van der Waals surface area contributed by atoms with Crippen LogP contribution in [0.2, 0.25) is 0 Å². The fraction of sp³-hybridized carbons (Fsp3) is 0.125. The summed E-state index contributed by atoms with van der Waals surface area (Å²) < 4.78 is 0. The van der Waals surface area contributed by atoms with Crippen LogP contribution in [0.15, 0.2) is 48.5 Å². The molecule has 2 aromatic carbocycles. The van der Waals surface area contributed by atoms with Crippen LogP contribution in [0, 0.1) is 0 Å². The first-order valence-corrected chi connectivity index (χ1v) is 6.37. The van der Waals surface area contributed by atoms with Gasteiger partial charge in [-0.05, 0) is 12.1 Å². The molecule has 0 unspecified atom stereocenters. The summed E-state index contributed by atoms with van der Waals surface area (Å²) in [7, 11) is 0. The molecule has 0 bridgehead atoms. The molecule has 0 heterocycles. The third kappa shape index (κ3) is 5.96. The van der Waals surface area contributed by atoms with Gasteiger partial charge < -0.3 is 20.4 Å². The van der Waals surface area contributed by atoms with Gasteiger partial charge in [-0.2, -0.15) is 0 Å². The lowest BCUT2D eigenvalue weighted by atomic mass is 10.1. The van der Waals surface area contributed by atoms with Crippen LogP contribution in [0.1, 0.15) is 11.1 Å². The molecular formula is C16H16O6. The molecule has 0 fully saturated rings. The Morgan fingerprint density at radius 3 is 1.27 bits per heavy atom. The second kappa shape index (κ2) is 8.31. The fourth-order valence-electron chi connectivity index (χ4n) is 1.65. The van der Waals surface area contributed by atoms with Gasteiger partial charge in [-0.1, -0.05) is 36.4 Å². The van der Waals surface area contributed by atoms with Gasteiger partial charge in [-0.3, -0.25) is 9.59 Å². The molecule has 4 N–H and O–H groups in total. The number of aliphatic carboxylic acids is 2. The number of benzene rings is 2. The topological polar surface area (TPSA) is 115 Å². The van der Waals surface area contributed by atoms with E-state index in [1.54, 1.807) is 36.4 Å². The van der Waals surface area contributed by atoms with Crippen LogP contribution in [-0.4, -0.2) is 32.4 Å². The molecule has 6 nitrogen and oxygen atoms in total. The number of hydrogen-bond acceptors (Lipinski definition) is 4. The summed E-state index contributed by atoms with van der Waals surface area (Å²) in [5.41, 5.74) is 0.889. The summed E-state index contributed by atoms with van der Waals surface area (Å²) in [6, 6.07) is 12.8. The van der Waals surface area contributed by atoms with Gasteiger partial charge in [0.25, 0.3) is 0 Å². The summed E-state index contributed by atoms with van der Waals surface area (Å²) >= 11 is 0. The third-order valence-corrected chi connectivity index (χ3v) is 2.67. The highest BCUT2D eigenvalue weighted by Gasteiger charge is 2.04. The molecule has 0 saturated heterocycles. The maximum atomic E-state index is 10.2. The molecule has 0 aliphatic heterocycles. The van der Waals surface area contributed by atoms with E-state index in [0.29, 0.717) is 11.1 Å². The number of carboxylic acid groups (broad SMARTS) is 2. The van der Waals surface area contributed by atoms with Crippen molar-refractivity contribution in [2.45, 2.75) is 12.8 Å². The van der Waals surface area contributed by atoms with Crippen LogP contribution in [0.5, 0.6) is 11.5 Å². The standard InChI is InChI=1S/2C8H8O3/c2*9-7-4-2-1-3-6(7)5-8(10)11/h2*1-4,9H,5H2,(H,10,11). The average molecular weight is 304 g/mol. The highest BCUT2D eigenvalue weighted by molar-refractivity contribution is 5.71. The van der Waals surface area contributed by atoms with Crippen molar-refractivity contribution in [2.24, 2.45) is 0 Å². The van der Waals surface area contributed by atoms with E-state index >= 15 is 0 Å². The number of para-hydroxylation sites is 2. The van der Waals surface area contributed by atoms with Gasteiger partial charge in [0.15, 0.2) is 0 Å². The van der Waals surface area contributed by atoms with Crippen LogP contribution in [0.4, 0.5) is 0 Å². The van der Waals surface area contributed by atoms with Crippen molar-refractivity contribution in [3.8, 4) is 11.5 Å². The smallest absolute Gasteiger partial charge is 0.307 e. The van der Waals surface area contributed by atoms with E-state index in [1.807, 2.05) is 0 Å². The van der Waals surface area contributed by atoms with E-state index in [-0.39, 0.29) is 24.3 Å². The van der Waals surface area contributed by atoms with Gasteiger partial charge in [0, 0.05) is 11.1 Å². The number of aromatic hydroxyl groups is 2. The predicted molar refractivity (Wildman–Crippen MR) is 78.9 cm³/mol. The van der Waals surface area contributed by atoms with Crippen molar-refractivity contribution < 1.29 is 30.0 Å². The zero-order valence-corrected chi connectivity index (χ0v) is 11.6. The molecule has 0 aromatic heterocycles. The number of rotatable bonds is 4. The van der Waals surface area contributed by atoms with E-state index < -0.39 is 11.9 Å². The lowest BCUT2D eigenvalue weighted by Crippen LogP contribution is -1.99. The van der Waals surface area contributed by atoms with Gasteiger partial charge >= 0.3 is 11.9 Å². The van der Waals surface area contributed by atoms with E-state index in [0.717, 1.165) is 0 Å². The summed E-state index contributed by atoms with van der Waals surface area (Å²) in [4.78, 5) is 20.4. The number of phenols is 2. The zero-order valence-electron chi connectivity index (χ0n) is 11.6. The van der Waals surface area contributed by atoms with Gasteiger partial charge in [0.2, 0.25) is 0 Å². The summed E-state index contributed by atoms with van der Waals surface area (Å²) in [6.07, 6.45) is -0.265. The lowest BCUT2D eigenvalue weighted by Gasteiger charge is -1.98. The Hall–Kier alpha value is -3.02. The molecule has 2 aromatic rings. The Morgan fingerprint density at radius 1 is 0.682 bits per heavy atom. The Labute approximate surface area is 126 Å². The van der Waals surface area contributed by atoms with Crippen molar-refractivity contribution in [3.63, 3.8) is 0 Å². The zero-order chi connectivity index (χ0) is 16.5. The summed E-state index contributed by atoms with van der Waals surface area (Å²) in [5.74, 6) is -1.80. The molecule has 0 spiro atoms. The number of hydrogen-bond donors (Lipinski definition) is 4. The van der Waals surface area contributed by atoms with Gasteiger partial charge in [0.05, 0.1) is 12.8 Å². The van der Waals surface area contributed by atoms with Gasteiger partial charge in [-0.15, -0.1) is 0 Å². The van der Waals surface area contributed by atoms with Crippen LogP contribution < -0.4 is 0 Å². The molecule has 0 amide bonds. The highest BCUT2D eigenvalue weighted by Crippen LogP contribution is 2.16. The van der Waals surface area contributed by atoms with Crippen molar-refractivity contribution in [1.29, 1.82) is 0 Å². The van der Waals surface area contributed by atoms with Crippen LogP contribution in [0.25, 0.3) is 0 Å². The van der Waals surface area contributed by atoms with Gasteiger partial charge in [0.1, 0.15) is 11.5 Å². The van der Waals surface area contributed by atoms with Crippen molar-refractivity contribution in [3.05, 3.63) is 59.7 Å². The van der Waals surface area contributed by atoms with Crippen LogP contribution in [-0.2, 0) is 22.4 Å². The molecule has 0 radical (unpaired) electrons. The fourth-order valence-corrected chi connectivity index (χ4v) is 1.65. The number of carboxylic acids is 2. The summed E-state index contributed by atoms with van der Waals surface area (Å²) in [5, 5.41) is 35.0. The third-order valence-electron chi connectivity index (χ3n) is 2.67. The second-order valence-electron chi connectivity index (χ2n) is 4.40. The molecule has 6 heteroatoms. The maximum absolute atomic E-state index is 10.2. The Kier molecular flexibility index (Phi) is 6.43. The molecular weight excluding hydrogens is 288 g/mol. The average Bonchev–Trinajstić information content (AvgIpc) is 2.44. The molecule has 22 heavy (non-hydrogen) atoms. The Bertz CT molecular complexity index is 593. The minimum absolute atomic E-state index is 0.0369. The van der Waals surface area contributed by atoms with Crippen molar-refractivity contribution in [2.75, 3.05) is 0 Å². The van der Waals surface area contributed by atoms with E-state index in [1.165, 1.54) is 12.1 Å². The van der Waals surface area contributed by atoms with E-state index in [9.17, 15) is 9.59 Å². The predicted octanol–water partition coefficient (Wildman–Crippen LogP) is 2.04. The largest absolute Gasteiger partial charge is 0.508 e. The SMILES string of the molecule is O=C(O)Cc1ccccc1O.O=C(O)Cc1ccccc1O. The molecule has 0 saturated carbocycles. The van der Waals surface area contributed by atoms with Gasteiger partial charge in [-0.25, -0.2) is 0 Å². The summed E-state index contributed by atoms with van der Waals surface area (Å²) in [6.45, 7) is 0. The number of carbonyl (C=O) groups is 2.